The van der Waals surface area contributed by atoms with Gasteiger partial charge in [0, 0.05) is 18.2 Å². The summed E-state index contributed by atoms with van der Waals surface area (Å²) >= 11 is 6.28. The second-order valence-electron chi connectivity index (χ2n) is 6.91. The fourth-order valence-electron chi connectivity index (χ4n) is 3.41. The number of benzene rings is 3. The van der Waals surface area contributed by atoms with E-state index in [1.165, 1.54) is 24.3 Å². The molecule has 0 saturated carbocycles. The van der Waals surface area contributed by atoms with Gasteiger partial charge in [-0.3, -0.25) is 20.5 Å². The predicted octanol–water partition coefficient (Wildman–Crippen LogP) is 5.18. The summed E-state index contributed by atoms with van der Waals surface area (Å²) in [5.74, 6) is -0.517. The highest BCUT2D eigenvalue weighted by Gasteiger charge is 2.21. The minimum absolute atomic E-state index is 0.0610. The lowest BCUT2D eigenvalue weighted by molar-refractivity contribution is -0.384. The summed E-state index contributed by atoms with van der Waals surface area (Å²) < 4.78 is 27.8. The molecule has 8 nitrogen and oxygen atoms in total. The Labute approximate surface area is 183 Å². The Morgan fingerprint density at radius 3 is 2.69 bits per heavy atom. The number of hydrogen-bond donors (Lipinski definition) is 2. The molecule has 5 aromatic rings. The van der Waals surface area contributed by atoms with Crippen LogP contribution in [-0.4, -0.2) is 20.1 Å². The van der Waals surface area contributed by atoms with Crippen LogP contribution in [0.1, 0.15) is 0 Å². The smallest absolute Gasteiger partial charge is 0.270 e. The molecule has 3 aromatic carbocycles. The number of anilines is 2. The van der Waals surface area contributed by atoms with Gasteiger partial charge in [0.05, 0.1) is 26.3 Å². The second-order valence-corrected chi connectivity index (χ2v) is 7.31. The van der Waals surface area contributed by atoms with Gasteiger partial charge >= 0.3 is 0 Å². The number of nitrogens with zero attached hydrogens (tertiary/aromatic N) is 3. The zero-order valence-electron chi connectivity index (χ0n) is 16.0. The van der Waals surface area contributed by atoms with Crippen molar-refractivity contribution in [3.63, 3.8) is 0 Å². The Balaban J connectivity index is 1.67. The number of nitro groups is 1. The van der Waals surface area contributed by atoms with Gasteiger partial charge < -0.3 is 0 Å². The van der Waals surface area contributed by atoms with Crippen LogP contribution in [0.5, 0.6) is 0 Å². The van der Waals surface area contributed by atoms with Crippen molar-refractivity contribution in [1.29, 1.82) is 0 Å². The Morgan fingerprint density at radius 1 is 1.09 bits per heavy atom. The first-order valence-electron chi connectivity index (χ1n) is 9.27. The lowest BCUT2D eigenvalue weighted by Gasteiger charge is -2.06. The highest BCUT2D eigenvalue weighted by molar-refractivity contribution is 6.33. The molecule has 0 atom stereocenters. The van der Waals surface area contributed by atoms with Gasteiger partial charge in [0.2, 0.25) is 11.6 Å². The number of non-ortho nitro benzene ring substituents is 1. The van der Waals surface area contributed by atoms with E-state index in [1.807, 2.05) is 6.07 Å². The fraction of sp³-hybridized carbons (Fsp3) is 0. The molecule has 0 bridgehead atoms. The molecule has 5 rings (SSSR count). The van der Waals surface area contributed by atoms with Gasteiger partial charge in [-0.1, -0.05) is 23.7 Å². The molecule has 3 N–H and O–H groups in total. The monoisotopic (exact) mass is 453 g/mol. The van der Waals surface area contributed by atoms with Gasteiger partial charge in [-0.25, -0.2) is 13.8 Å². The number of hydrogen-bond acceptors (Lipinski definition) is 5. The largest absolute Gasteiger partial charge is 0.271 e. The number of H-pyrrole nitrogens is 2. The van der Waals surface area contributed by atoms with Gasteiger partial charge in [0.25, 0.3) is 11.5 Å². The molecule has 0 unspecified atom stereocenters. The third-order valence-corrected chi connectivity index (χ3v) is 5.21. The molecule has 0 aliphatic carbocycles. The average Bonchev–Trinajstić information content (AvgIpc) is 3.16. The first kappa shape index (κ1) is 19.8. The van der Waals surface area contributed by atoms with Crippen molar-refractivity contribution >= 4 is 50.7 Å². The summed E-state index contributed by atoms with van der Waals surface area (Å²) in [7, 11) is 0. The Kier molecular flexibility index (Phi) is 4.63. The van der Waals surface area contributed by atoms with Gasteiger partial charge in [-0.05, 0) is 24.3 Å². The van der Waals surface area contributed by atoms with Crippen LogP contribution < -0.4 is 10.3 Å². The van der Waals surface area contributed by atoms with E-state index in [0.29, 0.717) is 28.1 Å². The van der Waals surface area contributed by atoms with Gasteiger partial charge in [-0.15, -0.1) is 10.1 Å². The average molecular weight is 454 g/mol. The van der Waals surface area contributed by atoms with Crippen molar-refractivity contribution in [2.24, 2.45) is 0 Å². The quantitative estimate of drug-likeness (QED) is 0.288. The van der Waals surface area contributed by atoms with E-state index in [4.69, 9.17) is 11.6 Å². The zero-order chi connectivity index (χ0) is 22.4. The van der Waals surface area contributed by atoms with Crippen LogP contribution in [0.3, 0.4) is 0 Å². The number of rotatable bonds is 4. The fourth-order valence-corrected chi connectivity index (χ4v) is 3.68. The number of para-hydroxylation sites is 1. The van der Waals surface area contributed by atoms with Crippen LogP contribution in [0.15, 0.2) is 54.6 Å². The van der Waals surface area contributed by atoms with Crippen molar-refractivity contribution in [1.82, 2.24) is 15.2 Å². The topological polar surface area (TPSA) is 111 Å². The number of halogens is 3. The molecule has 0 fully saturated rings. The first-order valence-corrected chi connectivity index (χ1v) is 9.65. The number of nitro benzene ring substituents is 1. The SMILES string of the molecule is O=[N+]([O-])c1ccc(-c2nc3ccccc3c(Nc3n[nH]c4c(F)cc(F)cc34)[nH+]2)c(Cl)c1. The van der Waals surface area contributed by atoms with Gasteiger partial charge in [0.15, 0.2) is 11.3 Å². The van der Waals surface area contributed by atoms with E-state index in [0.717, 1.165) is 6.07 Å². The maximum Gasteiger partial charge on any atom is 0.270 e. The summed E-state index contributed by atoms with van der Waals surface area (Å²) in [4.78, 5) is 18.1. The van der Waals surface area contributed by atoms with Crippen LogP contribution in [0.4, 0.5) is 26.1 Å². The molecule has 2 heterocycles. The van der Waals surface area contributed by atoms with Crippen molar-refractivity contribution in [2.75, 3.05) is 5.32 Å². The van der Waals surface area contributed by atoms with Gasteiger partial charge in [0.1, 0.15) is 11.3 Å². The maximum absolute atomic E-state index is 14.1. The van der Waals surface area contributed by atoms with Crippen molar-refractivity contribution in [2.45, 2.75) is 0 Å². The third-order valence-electron chi connectivity index (χ3n) is 4.90. The zero-order valence-corrected chi connectivity index (χ0v) is 16.7. The lowest BCUT2D eigenvalue weighted by atomic mass is 10.1. The van der Waals surface area contributed by atoms with Gasteiger partial charge in [-0.2, -0.15) is 0 Å². The molecule has 0 spiro atoms. The minimum Gasteiger partial charge on any atom is -0.271 e. The highest BCUT2D eigenvalue weighted by atomic mass is 35.5. The second kappa shape index (κ2) is 7.50. The molecule has 0 saturated heterocycles. The van der Waals surface area contributed by atoms with E-state index in [2.05, 4.69) is 25.5 Å². The highest BCUT2D eigenvalue weighted by Crippen LogP contribution is 2.32. The molecule has 0 amide bonds. The molecule has 11 heteroatoms. The molecule has 0 aliphatic heterocycles. The van der Waals surface area contributed by atoms with E-state index >= 15 is 0 Å². The van der Waals surface area contributed by atoms with Crippen molar-refractivity contribution in [3.8, 4) is 11.4 Å². The van der Waals surface area contributed by atoms with E-state index in [1.54, 1.807) is 18.2 Å². The summed E-state index contributed by atoms with van der Waals surface area (Å²) in [6.07, 6.45) is 0. The third kappa shape index (κ3) is 3.36. The molecule has 2 aromatic heterocycles. The summed E-state index contributed by atoms with van der Waals surface area (Å²) in [5.41, 5.74) is 0.946. The van der Waals surface area contributed by atoms with E-state index in [-0.39, 0.29) is 27.4 Å². The number of fused-ring (bicyclic) bond motifs is 2. The summed E-state index contributed by atoms with van der Waals surface area (Å²) in [6, 6.07) is 13.2. The van der Waals surface area contributed by atoms with E-state index < -0.39 is 16.6 Å². The molecular weight excluding hydrogens is 442 g/mol. The van der Waals surface area contributed by atoms with Crippen molar-refractivity contribution < 1.29 is 18.7 Å². The minimum atomic E-state index is -0.762. The Hall–Kier alpha value is -4.18. The molecular formula is C21H12ClF2N6O2+. The molecule has 0 radical (unpaired) electrons. The van der Waals surface area contributed by atoms with Crippen LogP contribution in [0, 0.1) is 21.7 Å². The van der Waals surface area contributed by atoms with Crippen LogP contribution >= 0.6 is 11.6 Å². The van der Waals surface area contributed by atoms with Crippen LogP contribution in [0.2, 0.25) is 5.02 Å². The molecule has 158 valence electrons. The van der Waals surface area contributed by atoms with Crippen LogP contribution in [0.25, 0.3) is 33.2 Å². The number of nitrogens with one attached hydrogen (secondary N) is 3. The van der Waals surface area contributed by atoms with Crippen molar-refractivity contribution in [3.05, 3.63) is 81.4 Å². The number of aromatic nitrogens is 4. The standard InChI is InChI=1S/C21H11ClF2N6O2/c22-15-9-11(30(31)32)5-6-12(15)19-25-17-4-2-1-3-13(17)20(26-19)27-21-14-7-10(23)8-16(24)18(14)28-29-21/h1-9H,(H2,25,26,27,28,29)/p+1. The summed E-state index contributed by atoms with van der Waals surface area (Å²) in [5, 5.41) is 21.7. The maximum atomic E-state index is 14.1. The summed E-state index contributed by atoms with van der Waals surface area (Å²) in [6.45, 7) is 0. The Morgan fingerprint density at radius 2 is 1.91 bits per heavy atom. The normalized spacial score (nSPS) is 11.2. The number of aromatic amines is 2. The van der Waals surface area contributed by atoms with Crippen LogP contribution in [-0.2, 0) is 0 Å². The molecule has 0 aliphatic rings. The Bertz CT molecular complexity index is 1540. The lowest BCUT2D eigenvalue weighted by Crippen LogP contribution is -2.16. The van der Waals surface area contributed by atoms with E-state index in [9.17, 15) is 18.9 Å². The molecule has 32 heavy (non-hydrogen) atoms. The first-order chi connectivity index (χ1) is 15.4. The predicted molar refractivity (Wildman–Crippen MR) is 115 cm³/mol.